The minimum atomic E-state index is 0.434. The van der Waals surface area contributed by atoms with Crippen molar-refractivity contribution < 1.29 is 4.74 Å². The minimum Gasteiger partial charge on any atom is -0.378 e. The predicted molar refractivity (Wildman–Crippen MR) is 80.9 cm³/mol. The Labute approximate surface area is 121 Å². The van der Waals surface area contributed by atoms with Crippen molar-refractivity contribution in [3.63, 3.8) is 0 Å². The second-order valence-corrected chi connectivity index (χ2v) is 5.76. The molecule has 0 amide bonds. The average molecular weight is 282 g/mol. The molecule has 2 nitrogen and oxygen atoms in total. The molecule has 2 unspecified atom stereocenters. The molecule has 106 valence electrons. The number of rotatable bonds is 7. The molecule has 1 aliphatic rings. The van der Waals surface area contributed by atoms with Gasteiger partial charge in [-0.3, -0.25) is 0 Å². The topological polar surface area (TPSA) is 21.3 Å². The molecule has 0 aromatic heterocycles. The second-order valence-electron chi connectivity index (χ2n) is 5.32. The maximum atomic E-state index is 5.97. The largest absolute Gasteiger partial charge is 0.378 e. The van der Waals surface area contributed by atoms with Gasteiger partial charge in [-0.2, -0.15) is 0 Å². The molecule has 1 heterocycles. The number of ether oxygens (including phenoxy) is 1. The van der Waals surface area contributed by atoms with E-state index in [1.54, 1.807) is 0 Å². The van der Waals surface area contributed by atoms with E-state index >= 15 is 0 Å². The van der Waals surface area contributed by atoms with Crippen LogP contribution in [0.4, 0.5) is 0 Å². The summed E-state index contributed by atoms with van der Waals surface area (Å²) in [6.45, 7) is 5.23. The third-order valence-electron chi connectivity index (χ3n) is 3.73. The zero-order chi connectivity index (χ0) is 13.5. The highest BCUT2D eigenvalue weighted by molar-refractivity contribution is 6.30. The van der Waals surface area contributed by atoms with Gasteiger partial charge in [0.05, 0.1) is 6.10 Å². The fourth-order valence-corrected chi connectivity index (χ4v) is 2.80. The Kier molecular flexibility index (Phi) is 6.15. The van der Waals surface area contributed by atoms with Gasteiger partial charge in [0.1, 0.15) is 0 Å². The van der Waals surface area contributed by atoms with Crippen molar-refractivity contribution in [3.05, 3.63) is 34.9 Å². The first-order valence-corrected chi connectivity index (χ1v) is 7.75. The molecule has 3 heteroatoms. The van der Waals surface area contributed by atoms with E-state index in [0.29, 0.717) is 12.0 Å². The van der Waals surface area contributed by atoms with Gasteiger partial charge in [0.15, 0.2) is 0 Å². The minimum absolute atomic E-state index is 0.434. The molecule has 1 aliphatic heterocycles. The highest BCUT2D eigenvalue weighted by Gasteiger charge is 2.21. The first-order valence-electron chi connectivity index (χ1n) is 7.37. The van der Waals surface area contributed by atoms with E-state index in [4.69, 9.17) is 16.3 Å². The normalized spacial score (nSPS) is 20.6. The van der Waals surface area contributed by atoms with Crippen LogP contribution in [0.25, 0.3) is 0 Å². The molecule has 1 fully saturated rings. The van der Waals surface area contributed by atoms with Crippen LogP contribution >= 0.6 is 11.6 Å². The smallest absolute Gasteiger partial charge is 0.0582 e. The fraction of sp³-hybridized carbons (Fsp3) is 0.625. The molecule has 1 N–H and O–H groups in total. The van der Waals surface area contributed by atoms with Crippen molar-refractivity contribution in [2.24, 2.45) is 0 Å². The molecule has 0 spiro atoms. The number of benzene rings is 1. The van der Waals surface area contributed by atoms with E-state index in [0.717, 1.165) is 31.1 Å². The number of nitrogens with one attached hydrogen (secondary N) is 1. The van der Waals surface area contributed by atoms with Crippen LogP contribution in [0.2, 0.25) is 5.02 Å². The molecule has 1 aromatic rings. The van der Waals surface area contributed by atoms with Gasteiger partial charge in [0.2, 0.25) is 0 Å². The first-order chi connectivity index (χ1) is 9.29. The van der Waals surface area contributed by atoms with Gasteiger partial charge in [0, 0.05) is 18.2 Å². The highest BCUT2D eigenvalue weighted by Crippen LogP contribution is 2.27. The zero-order valence-corrected chi connectivity index (χ0v) is 12.5. The summed E-state index contributed by atoms with van der Waals surface area (Å²) >= 11 is 5.97. The van der Waals surface area contributed by atoms with Crippen molar-refractivity contribution in [1.29, 1.82) is 0 Å². The Hall–Kier alpha value is -0.570. The lowest BCUT2D eigenvalue weighted by Gasteiger charge is -2.21. The molecule has 1 aromatic carbocycles. The molecule has 19 heavy (non-hydrogen) atoms. The SMILES string of the molecule is CCCNCC(CC1CCCO1)c1ccc(Cl)cc1. The Morgan fingerprint density at radius 3 is 2.79 bits per heavy atom. The Morgan fingerprint density at radius 1 is 1.37 bits per heavy atom. The van der Waals surface area contributed by atoms with Gasteiger partial charge in [-0.1, -0.05) is 30.7 Å². The Morgan fingerprint density at radius 2 is 2.16 bits per heavy atom. The lowest BCUT2D eigenvalue weighted by atomic mass is 9.92. The monoisotopic (exact) mass is 281 g/mol. The Bertz CT molecular complexity index is 360. The third-order valence-corrected chi connectivity index (χ3v) is 3.98. The fourth-order valence-electron chi connectivity index (χ4n) is 2.67. The van der Waals surface area contributed by atoms with Crippen LogP contribution in [0.1, 0.15) is 44.1 Å². The van der Waals surface area contributed by atoms with Crippen molar-refractivity contribution in [2.45, 2.75) is 44.6 Å². The summed E-state index contributed by atoms with van der Waals surface area (Å²) in [6.07, 6.45) is 5.13. The molecular weight excluding hydrogens is 258 g/mol. The van der Waals surface area contributed by atoms with E-state index in [-0.39, 0.29) is 0 Å². The summed E-state index contributed by atoms with van der Waals surface area (Å²) in [7, 11) is 0. The molecule has 0 bridgehead atoms. The summed E-state index contributed by atoms with van der Waals surface area (Å²) in [5, 5.41) is 4.34. The Balaban J connectivity index is 1.97. The number of hydrogen-bond acceptors (Lipinski definition) is 2. The van der Waals surface area contributed by atoms with Gasteiger partial charge >= 0.3 is 0 Å². The number of halogens is 1. The van der Waals surface area contributed by atoms with E-state index in [1.165, 1.54) is 24.8 Å². The molecule has 0 radical (unpaired) electrons. The van der Waals surface area contributed by atoms with Crippen molar-refractivity contribution in [2.75, 3.05) is 19.7 Å². The standard InChI is InChI=1S/C16H24ClNO/c1-2-9-18-12-14(11-16-4-3-10-19-16)13-5-7-15(17)8-6-13/h5-8,14,16,18H,2-4,9-12H2,1H3. The van der Waals surface area contributed by atoms with Crippen LogP contribution in [0.3, 0.4) is 0 Å². The van der Waals surface area contributed by atoms with Crippen LogP contribution in [0.15, 0.2) is 24.3 Å². The quantitative estimate of drug-likeness (QED) is 0.763. The van der Waals surface area contributed by atoms with Crippen LogP contribution in [0.5, 0.6) is 0 Å². The molecule has 1 saturated heterocycles. The van der Waals surface area contributed by atoms with Gasteiger partial charge in [-0.25, -0.2) is 0 Å². The van der Waals surface area contributed by atoms with Crippen LogP contribution in [-0.2, 0) is 4.74 Å². The predicted octanol–water partition coefficient (Wildman–Crippen LogP) is 3.99. The summed E-state index contributed by atoms with van der Waals surface area (Å²) in [5.74, 6) is 0.520. The van der Waals surface area contributed by atoms with Crippen LogP contribution in [-0.4, -0.2) is 25.8 Å². The number of hydrogen-bond donors (Lipinski definition) is 1. The average Bonchev–Trinajstić information content (AvgIpc) is 2.92. The lowest BCUT2D eigenvalue weighted by Crippen LogP contribution is -2.25. The van der Waals surface area contributed by atoms with Gasteiger partial charge in [-0.05, 0) is 55.8 Å². The lowest BCUT2D eigenvalue weighted by molar-refractivity contribution is 0.0977. The summed E-state index contributed by atoms with van der Waals surface area (Å²) in [4.78, 5) is 0. The molecule has 2 atom stereocenters. The van der Waals surface area contributed by atoms with E-state index in [9.17, 15) is 0 Å². The summed E-state index contributed by atoms with van der Waals surface area (Å²) in [6, 6.07) is 8.27. The molecule has 0 aliphatic carbocycles. The van der Waals surface area contributed by atoms with Crippen molar-refractivity contribution >= 4 is 11.6 Å². The summed E-state index contributed by atoms with van der Waals surface area (Å²) in [5.41, 5.74) is 1.36. The van der Waals surface area contributed by atoms with E-state index in [1.807, 2.05) is 12.1 Å². The maximum absolute atomic E-state index is 5.97. The molecule has 0 saturated carbocycles. The zero-order valence-electron chi connectivity index (χ0n) is 11.7. The van der Waals surface area contributed by atoms with Crippen molar-refractivity contribution in [1.82, 2.24) is 5.32 Å². The van der Waals surface area contributed by atoms with Gasteiger partial charge in [-0.15, -0.1) is 0 Å². The molecule has 2 rings (SSSR count). The molecular formula is C16H24ClNO. The first kappa shape index (κ1) is 14.8. The van der Waals surface area contributed by atoms with Crippen molar-refractivity contribution in [3.8, 4) is 0 Å². The van der Waals surface area contributed by atoms with Gasteiger partial charge in [0.25, 0.3) is 0 Å². The van der Waals surface area contributed by atoms with E-state index in [2.05, 4.69) is 24.4 Å². The summed E-state index contributed by atoms with van der Waals surface area (Å²) < 4.78 is 5.78. The third kappa shape index (κ3) is 4.79. The second kappa shape index (κ2) is 7.88. The van der Waals surface area contributed by atoms with Crippen LogP contribution in [0, 0.1) is 0 Å². The highest BCUT2D eigenvalue weighted by atomic mass is 35.5. The van der Waals surface area contributed by atoms with E-state index < -0.39 is 0 Å². The maximum Gasteiger partial charge on any atom is 0.0582 e. The van der Waals surface area contributed by atoms with Gasteiger partial charge < -0.3 is 10.1 Å². The van der Waals surface area contributed by atoms with Crippen LogP contribution < -0.4 is 5.32 Å².